The highest BCUT2D eigenvalue weighted by Gasteiger charge is 1.93. The molecule has 0 spiro atoms. The van der Waals surface area contributed by atoms with Gasteiger partial charge in [0.15, 0.2) is 0 Å². The second-order valence-corrected chi connectivity index (χ2v) is 3.86. The Morgan fingerprint density at radius 2 is 2.00 bits per heavy atom. The van der Waals surface area contributed by atoms with Crippen molar-refractivity contribution in [2.24, 2.45) is 5.84 Å². The first-order valence-corrected chi connectivity index (χ1v) is 5.86. The van der Waals surface area contributed by atoms with Gasteiger partial charge < -0.3 is 5.32 Å². The van der Waals surface area contributed by atoms with Crippen molar-refractivity contribution >= 4 is 11.8 Å². The van der Waals surface area contributed by atoms with Crippen molar-refractivity contribution in [3.05, 3.63) is 29.8 Å². The Hall–Kier alpha value is -0.550. The predicted molar refractivity (Wildman–Crippen MR) is 62.1 cm³/mol. The van der Waals surface area contributed by atoms with Gasteiger partial charge in [0.05, 0.1) is 6.67 Å². The van der Waals surface area contributed by atoms with Crippen LogP contribution in [-0.2, 0) is 6.42 Å². The number of nitrogens with one attached hydrogen (secondary N) is 2. The van der Waals surface area contributed by atoms with E-state index in [9.17, 15) is 0 Å². The third-order valence-corrected chi connectivity index (χ3v) is 2.72. The molecular formula is C10H17N3S. The molecular weight excluding hydrogens is 194 g/mol. The van der Waals surface area contributed by atoms with E-state index in [1.165, 1.54) is 10.5 Å². The molecule has 1 aromatic carbocycles. The lowest BCUT2D eigenvalue weighted by molar-refractivity contribution is 0.602. The molecule has 0 radical (unpaired) electrons. The van der Waals surface area contributed by atoms with Gasteiger partial charge in [-0.3, -0.25) is 5.84 Å². The van der Waals surface area contributed by atoms with Gasteiger partial charge in [-0.05, 0) is 30.4 Å². The van der Waals surface area contributed by atoms with Crippen LogP contribution in [-0.4, -0.2) is 19.5 Å². The summed E-state index contributed by atoms with van der Waals surface area (Å²) in [4.78, 5) is 1.31. The Bertz CT molecular complexity index is 248. The monoisotopic (exact) mass is 211 g/mol. The van der Waals surface area contributed by atoms with E-state index in [1.54, 1.807) is 11.8 Å². The standard InChI is InChI=1S/C10H17N3S/c1-14-10-4-2-9(3-5-10)6-7-12-8-13-11/h2-5,12-13H,6-8,11H2,1H3. The molecule has 0 aliphatic heterocycles. The van der Waals surface area contributed by atoms with Gasteiger partial charge in [0, 0.05) is 11.4 Å². The van der Waals surface area contributed by atoms with Gasteiger partial charge in [-0.2, -0.15) is 0 Å². The van der Waals surface area contributed by atoms with Crippen molar-refractivity contribution in [1.29, 1.82) is 0 Å². The molecule has 78 valence electrons. The van der Waals surface area contributed by atoms with Gasteiger partial charge in [0.1, 0.15) is 0 Å². The highest BCUT2D eigenvalue weighted by atomic mass is 32.2. The highest BCUT2D eigenvalue weighted by Crippen LogP contribution is 2.14. The quantitative estimate of drug-likeness (QED) is 0.216. The van der Waals surface area contributed by atoms with Crippen LogP contribution in [0.1, 0.15) is 5.56 Å². The molecule has 0 heterocycles. The second kappa shape index (κ2) is 6.84. The van der Waals surface area contributed by atoms with Crippen LogP contribution in [0, 0.1) is 0 Å². The summed E-state index contributed by atoms with van der Waals surface area (Å²) in [5.74, 6) is 5.13. The largest absolute Gasteiger partial charge is 0.303 e. The van der Waals surface area contributed by atoms with Crippen molar-refractivity contribution in [3.63, 3.8) is 0 Å². The minimum atomic E-state index is 0.656. The zero-order chi connectivity index (χ0) is 10.2. The first-order valence-electron chi connectivity index (χ1n) is 4.64. The van der Waals surface area contributed by atoms with Crippen molar-refractivity contribution in [2.75, 3.05) is 19.5 Å². The van der Waals surface area contributed by atoms with Crippen LogP contribution >= 0.6 is 11.8 Å². The van der Waals surface area contributed by atoms with Gasteiger partial charge in [-0.15, -0.1) is 11.8 Å². The van der Waals surface area contributed by atoms with Crippen molar-refractivity contribution in [2.45, 2.75) is 11.3 Å². The lowest BCUT2D eigenvalue weighted by Crippen LogP contribution is -2.34. The zero-order valence-corrected chi connectivity index (χ0v) is 9.23. The summed E-state index contributed by atoms with van der Waals surface area (Å²) in [6.45, 7) is 1.60. The van der Waals surface area contributed by atoms with Gasteiger partial charge in [0.2, 0.25) is 0 Å². The minimum absolute atomic E-state index is 0.656. The van der Waals surface area contributed by atoms with Crippen molar-refractivity contribution < 1.29 is 0 Å². The molecule has 14 heavy (non-hydrogen) atoms. The van der Waals surface area contributed by atoms with E-state index in [0.717, 1.165) is 13.0 Å². The van der Waals surface area contributed by atoms with Crippen molar-refractivity contribution in [1.82, 2.24) is 10.7 Å². The summed E-state index contributed by atoms with van der Waals surface area (Å²) >= 11 is 1.77. The number of hydrogen-bond acceptors (Lipinski definition) is 4. The molecule has 0 bridgehead atoms. The van der Waals surface area contributed by atoms with E-state index < -0.39 is 0 Å². The van der Waals surface area contributed by atoms with Gasteiger partial charge in [-0.25, -0.2) is 5.43 Å². The lowest BCUT2D eigenvalue weighted by atomic mass is 10.1. The number of hydrogen-bond donors (Lipinski definition) is 3. The average molecular weight is 211 g/mol. The highest BCUT2D eigenvalue weighted by molar-refractivity contribution is 7.98. The molecule has 0 atom stereocenters. The minimum Gasteiger partial charge on any atom is -0.303 e. The summed E-state index contributed by atoms with van der Waals surface area (Å²) in [5.41, 5.74) is 3.91. The van der Waals surface area contributed by atoms with E-state index in [4.69, 9.17) is 5.84 Å². The third-order valence-electron chi connectivity index (χ3n) is 1.98. The van der Waals surface area contributed by atoms with Crippen LogP contribution in [0.2, 0.25) is 0 Å². The summed E-state index contributed by atoms with van der Waals surface area (Å²) in [6.07, 6.45) is 3.12. The number of rotatable bonds is 6. The van der Waals surface area contributed by atoms with Gasteiger partial charge >= 0.3 is 0 Å². The topological polar surface area (TPSA) is 50.1 Å². The third kappa shape index (κ3) is 4.11. The molecule has 0 fully saturated rings. The molecule has 0 aromatic heterocycles. The fourth-order valence-corrected chi connectivity index (χ4v) is 1.59. The molecule has 0 aliphatic rings. The maximum Gasteiger partial charge on any atom is 0.0587 e. The molecule has 0 unspecified atom stereocenters. The normalized spacial score (nSPS) is 10.4. The van der Waals surface area contributed by atoms with E-state index in [0.29, 0.717) is 6.67 Å². The van der Waals surface area contributed by atoms with Crippen LogP contribution in [0.4, 0.5) is 0 Å². The van der Waals surface area contributed by atoms with E-state index >= 15 is 0 Å². The summed E-state index contributed by atoms with van der Waals surface area (Å²) < 4.78 is 0. The van der Waals surface area contributed by atoms with Gasteiger partial charge in [-0.1, -0.05) is 12.1 Å². The number of hydrazine groups is 1. The first-order chi connectivity index (χ1) is 6.86. The molecule has 0 aliphatic carbocycles. The Kier molecular flexibility index (Phi) is 5.63. The summed E-state index contributed by atoms with van der Waals surface area (Å²) in [6, 6.07) is 8.65. The maximum atomic E-state index is 5.13. The smallest absolute Gasteiger partial charge is 0.0587 e. The van der Waals surface area contributed by atoms with Crippen molar-refractivity contribution in [3.8, 4) is 0 Å². The Labute approximate surface area is 89.4 Å². The van der Waals surface area contributed by atoms with E-state index in [2.05, 4.69) is 41.3 Å². The Morgan fingerprint density at radius 3 is 2.57 bits per heavy atom. The molecule has 0 amide bonds. The van der Waals surface area contributed by atoms with Crippen LogP contribution < -0.4 is 16.6 Å². The molecule has 1 rings (SSSR count). The molecule has 3 nitrogen and oxygen atoms in total. The fourth-order valence-electron chi connectivity index (χ4n) is 1.19. The Morgan fingerprint density at radius 1 is 1.29 bits per heavy atom. The van der Waals surface area contributed by atoms with Crippen LogP contribution in [0.5, 0.6) is 0 Å². The van der Waals surface area contributed by atoms with E-state index in [1.807, 2.05) is 0 Å². The predicted octanol–water partition coefficient (Wildman–Crippen LogP) is 0.961. The Balaban J connectivity index is 2.29. The summed E-state index contributed by atoms with van der Waals surface area (Å²) in [5, 5.41) is 3.17. The molecule has 1 aromatic rings. The lowest BCUT2D eigenvalue weighted by Gasteiger charge is -2.04. The number of thioether (sulfide) groups is 1. The second-order valence-electron chi connectivity index (χ2n) is 2.98. The van der Waals surface area contributed by atoms with Crippen LogP contribution in [0.25, 0.3) is 0 Å². The molecule has 4 N–H and O–H groups in total. The SMILES string of the molecule is CSc1ccc(CCNCNN)cc1. The first kappa shape index (κ1) is 11.5. The molecule has 0 saturated carbocycles. The molecule has 0 saturated heterocycles. The number of nitrogens with two attached hydrogens (primary N) is 1. The zero-order valence-electron chi connectivity index (χ0n) is 8.42. The van der Waals surface area contributed by atoms with Crippen LogP contribution in [0.15, 0.2) is 29.2 Å². The fraction of sp³-hybridized carbons (Fsp3) is 0.400. The molecule has 4 heteroatoms. The average Bonchev–Trinajstić information content (AvgIpc) is 2.25. The maximum absolute atomic E-state index is 5.13. The number of benzene rings is 1. The summed E-state index contributed by atoms with van der Waals surface area (Å²) in [7, 11) is 0. The van der Waals surface area contributed by atoms with Crippen LogP contribution in [0.3, 0.4) is 0 Å². The van der Waals surface area contributed by atoms with E-state index in [-0.39, 0.29) is 0 Å². The van der Waals surface area contributed by atoms with Gasteiger partial charge in [0.25, 0.3) is 0 Å².